The highest BCUT2D eigenvalue weighted by molar-refractivity contribution is 6.43. The Morgan fingerprint density at radius 3 is 2.30 bits per heavy atom. The largest absolute Gasteiger partial charge is 0.494 e. The molecule has 0 spiro atoms. The Morgan fingerprint density at radius 1 is 1.00 bits per heavy atom. The maximum atomic E-state index is 6.06. The highest BCUT2D eigenvalue weighted by Gasteiger charge is 2.04. The van der Waals surface area contributed by atoms with E-state index in [0.29, 0.717) is 27.4 Å². The van der Waals surface area contributed by atoms with Gasteiger partial charge in [-0.25, -0.2) is 0 Å². The minimum absolute atomic E-state index is 0.414. The molecule has 2 rings (SSSR count). The molecule has 0 fully saturated rings. The summed E-state index contributed by atoms with van der Waals surface area (Å²) in [6, 6.07) is 10.8. The molecule has 20 heavy (non-hydrogen) atoms. The third-order valence-electron chi connectivity index (χ3n) is 2.53. The molecule has 0 aromatic heterocycles. The summed E-state index contributed by atoms with van der Waals surface area (Å²) in [5.41, 5.74) is 1.52. The summed E-state index contributed by atoms with van der Waals surface area (Å²) < 4.78 is 5.37. The van der Waals surface area contributed by atoms with Crippen LogP contribution < -0.4 is 4.74 Å². The number of hydrogen-bond acceptors (Lipinski definition) is 2. The third kappa shape index (κ3) is 3.89. The molecule has 0 N–H and O–H groups in total. The number of ether oxygens (including phenoxy) is 1. The molecule has 0 amide bonds. The Hall–Kier alpha value is -1.22. The number of benzene rings is 2. The zero-order chi connectivity index (χ0) is 14.5. The fourth-order valence-corrected chi connectivity index (χ4v) is 2.16. The molecule has 104 valence electrons. The Labute approximate surface area is 133 Å². The van der Waals surface area contributed by atoms with Gasteiger partial charge >= 0.3 is 0 Å². The lowest BCUT2D eigenvalue weighted by atomic mass is 10.2. The van der Waals surface area contributed by atoms with E-state index in [2.05, 4.69) is 4.99 Å². The van der Waals surface area contributed by atoms with Gasteiger partial charge in [-0.15, -0.1) is 0 Å². The Balaban J connectivity index is 2.18. The monoisotopic (exact) mass is 327 g/mol. The quantitative estimate of drug-likeness (QED) is 0.513. The molecular formula is C15H12Cl3NO. The van der Waals surface area contributed by atoms with Crippen LogP contribution in [0.2, 0.25) is 15.1 Å². The Morgan fingerprint density at radius 2 is 1.65 bits per heavy atom. The van der Waals surface area contributed by atoms with Crippen LogP contribution in [0.3, 0.4) is 0 Å². The lowest BCUT2D eigenvalue weighted by molar-refractivity contribution is 0.340. The van der Waals surface area contributed by atoms with Crippen molar-refractivity contribution in [3.05, 3.63) is 57.0 Å². The molecule has 0 radical (unpaired) electrons. The van der Waals surface area contributed by atoms with Crippen LogP contribution in [0.1, 0.15) is 12.5 Å². The third-order valence-corrected chi connectivity index (χ3v) is 3.56. The minimum atomic E-state index is 0.414. The second kappa shape index (κ2) is 6.98. The number of aliphatic imine (C=N–C) groups is 1. The lowest BCUT2D eigenvalue weighted by Gasteiger charge is -2.03. The van der Waals surface area contributed by atoms with Crippen molar-refractivity contribution in [3.63, 3.8) is 0 Å². The van der Waals surface area contributed by atoms with E-state index in [1.54, 1.807) is 18.3 Å². The van der Waals surface area contributed by atoms with Crippen molar-refractivity contribution in [2.24, 2.45) is 4.99 Å². The first kappa shape index (κ1) is 15.2. The zero-order valence-corrected chi connectivity index (χ0v) is 13.0. The first-order valence-electron chi connectivity index (χ1n) is 6.01. The van der Waals surface area contributed by atoms with Gasteiger partial charge in [0.2, 0.25) is 0 Å². The van der Waals surface area contributed by atoms with E-state index in [9.17, 15) is 0 Å². The molecule has 0 aliphatic rings. The van der Waals surface area contributed by atoms with E-state index in [1.165, 1.54) is 0 Å². The van der Waals surface area contributed by atoms with Crippen molar-refractivity contribution in [3.8, 4) is 5.75 Å². The van der Waals surface area contributed by atoms with Crippen LogP contribution in [0.25, 0.3) is 0 Å². The Bertz CT molecular complexity index is 624. The Kier molecular flexibility index (Phi) is 5.30. The van der Waals surface area contributed by atoms with E-state index >= 15 is 0 Å². The fourth-order valence-electron chi connectivity index (χ4n) is 1.57. The first-order valence-corrected chi connectivity index (χ1v) is 7.15. The van der Waals surface area contributed by atoms with Gasteiger partial charge in [-0.1, -0.05) is 34.8 Å². The maximum Gasteiger partial charge on any atom is 0.119 e. The second-order valence-corrected chi connectivity index (χ2v) is 5.20. The lowest BCUT2D eigenvalue weighted by Crippen LogP contribution is -1.91. The molecule has 0 bridgehead atoms. The van der Waals surface area contributed by atoms with Gasteiger partial charge in [0.1, 0.15) is 5.75 Å². The number of hydrogen-bond donors (Lipinski definition) is 0. The van der Waals surface area contributed by atoms with E-state index in [4.69, 9.17) is 39.5 Å². The molecule has 0 heterocycles. The normalized spacial score (nSPS) is 11.0. The van der Waals surface area contributed by atoms with Gasteiger partial charge < -0.3 is 4.74 Å². The molecule has 0 aliphatic heterocycles. The smallest absolute Gasteiger partial charge is 0.119 e. The van der Waals surface area contributed by atoms with Gasteiger partial charge in [-0.05, 0) is 48.9 Å². The summed E-state index contributed by atoms with van der Waals surface area (Å²) in [7, 11) is 0. The molecular weight excluding hydrogens is 317 g/mol. The summed E-state index contributed by atoms with van der Waals surface area (Å²) in [4.78, 5) is 4.31. The van der Waals surface area contributed by atoms with Gasteiger partial charge in [-0.2, -0.15) is 0 Å². The highest BCUT2D eigenvalue weighted by Crippen LogP contribution is 2.33. The van der Waals surface area contributed by atoms with Gasteiger partial charge in [0.25, 0.3) is 0 Å². The van der Waals surface area contributed by atoms with Crippen LogP contribution in [0.5, 0.6) is 5.75 Å². The van der Waals surface area contributed by atoms with E-state index in [-0.39, 0.29) is 0 Å². The van der Waals surface area contributed by atoms with Crippen molar-refractivity contribution in [2.75, 3.05) is 6.61 Å². The van der Waals surface area contributed by atoms with Gasteiger partial charge in [0.05, 0.1) is 27.4 Å². The molecule has 5 heteroatoms. The van der Waals surface area contributed by atoms with Crippen LogP contribution in [-0.2, 0) is 0 Å². The molecule has 2 nitrogen and oxygen atoms in total. The van der Waals surface area contributed by atoms with Crippen LogP contribution >= 0.6 is 34.8 Å². The maximum absolute atomic E-state index is 6.06. The van der Waals surface area contributed by atoms with Gasteiger partial charge in [-0.3, -0.25) is 4.99 Å². The summed E-state index contributed by atoms with van der Waals surface area (Å²) in [5.74, 6) is 0.831. The predicted molar refractivity (Wildman–Crippen MR) is 86.3 cm³/mol. The average molecular weight is 329 g/mol. The van der Waals surface area contributed by atoms with Crippen molar-refractivity contribution >= 4 is 46.7 Å². The summed E-state index contributed by atoms with van der Waals surface area (Å²) in [6.45, 7) is 2.59. The van der Waals surface area contributed by atoms with E-state index in [0.717, 1.165) is 11.3 Å². The van der Waals surface area contributed by atoms with Crippen molar-refractivity contribution in [2.45, 2.75) is 6.92 Å². The van der Waals surface area contributed by atoms with Crippen molar-refractivity contribution < 1.29 is 4.74 Å². The minimum Gasteiger partial charge on any atom is -0.494 e. The predicted octanol–water partition coefficient (Wildman–Crippen LogP) is 5.80. The van der Waals surface area contributed by atoms with Crippen molar-refractivity contribution in [1.29, 1.82) is 0 Å². The first-order chi connectivity index (χ1) is 9.60. The molecule has 2 aromatic rings. The SMILES string of the molecule is CCOc1ccc(C=Nc2cc(Cl)c(Cl)cc2Cl)cc1. The fraction of sp³-hybridized carbons (Fsp3) is 0.133. The van der Waals surface area contributed by atoms with Crippen LogP contribution in [0.4, 0.5) is 5.69 Å². The van der Waals surface area contributed by atoms with Crippen LogP contribution in [0.15, 0.2) is 41.4 Å². The molecule has 0 saturated carbocycles. The molecule has 2 aromatic carbocycles. The second-order valence-electron chi connectivity index (χ2n) is 3.98. The van der Waals surface area contributed by atoms with Crippen LogP contribution in [0, 0.1) is 0 Å². The van der Waals surface area contributed by atoms with Crippen LogP contribution in [-0.4, -0.2) is 12.8 Å². The molecule has 0 aliphatic carbocycles. The number of nitrogens with zero attached hydrogens (tertiary/aromatic N) is 1. The molecule has 0 unspecified atom stereocenters. The molecule has 0 atom stereocenters. The van der Waals surface area contributed by atoms with Gasteiger partial charge in [0.15, 0.2) is 0 Å². The van der Waals surface area contributed by atoms with Gasteiger partial charge in [0, 0.05) is 6.21 Å². The standard InChI is InChI=1S/C15H12Cl3NO/c1-2-20-11-5-3-10(4-6-11)9-19-15-8-13(17)12(16)7-14(15)18/h3-9H,2H2,1H3. The number of halogens is 3. The topological polar surface area (TPSA) is 21.6 Å². The average Bonchev–Trinajstić information content (AvgIpc) is 2.43. The highest BCUT2D eigenvalue weighted by atomic mass is 35.5. The zero-order valence-electron chi connectivity index (χ0n) is 10.7. The van der Waals surface area contributed by atoms with E-state index in [1.807, 2.05) is 31.2 Å². The van der Waals surface area contributed by atoms with E-state index < -0.39 is 0 Å². The molecule has 0 saturated heterocycles. The summed E-state index contributed by atoms with van der Waals surface area (Å²) in [5, 5.41) is 1.30. The summed E-state index contributed by atoms with van der Waals surface area (Å²) in [6.07, 6.45) is 1.71. The van der Waals surface area contributed by atoms with Crippen molar-refractivity contribution in [1.82, 2.24) is 0 Å². The number of rotatable bonds is 4. The summed E-state index contributed by atoms with van der Waals surface area (Å²) >= 11 is 17.9.